The minimum atomic E-state index is -0.399. The molecule has 5 rings (SSSR count). The van der Waals surface area contributed by atoms with Crippen LogP contribution in [0.25, 0.3) is 0 Å². The van der Waals surface area contributed by atoms with Crippen LogP contribution in [-0.2, 0) is 11.2 Å². The number of nitro groups is 1. The van der Waals surface area contributed by atoms with E-state index in [0.717, 1.165) is 24.6 Å². The molecule has 2 saturated carbocycles. The van der Waals surface area contributed by atoms with E-state index in [1.54, 1.807) is 12.1 Å². The highest BCUT2D eigenvalue weighted by atomic mass is 16.6. The van der Waals surface area contributed by atoms with Crippen molar-refractivity contribution in [3.63, 3.8) is 0 Å². The van der Waals surface area contributed by atoms with Crippen LogP contribution in [0, 0.1) is 33.3 Å². The number of rotatable bonds is 7. The first-order valence-electron chi connectivity index (χ1n) is 11.7. The van der Waals surface area contributed by atoms with Crippen molar-refractivity contribution in [2.24, 2.45) is 23.2 Å². The number of piperidine rings is 2. The van der Waals surface area contributed by atoms with Gasteiger partial charge < -0.3 is 4.90 Å². The first-order chi connectivity index (χ1) is 14.5. The van der Waals surface area contributed by atoms with Crippen LogP contribution in [0.1, 0.15) is 44.1 Å². The summed E-state index contributed by atoms with van der Waals surface area (Å²) >= 11 is 0. The minimum absolute atomic E-state index is 0.0765. The highest BCUT2D eigenvalue weighted by Crippen LogP contribution is 2.55. The zero-order chi connectivity index (χ0) is 20.7. The van der Waals surface area contributed by atoms with Crippen LogP contribution in [0.2, 0.25) is 0 Å². The molecule has 0 N–H and O–H groups in total. The Morgan fingerprint density at radius 3 is 2.17 bits per heavy atom. The van der Waals surface area contributed by atoms with Crippen molar-refractivity contribution in [3.05, 3.63) is 39.9 Å². The number of likely N-dealkylation sites (tertiary alicyclic amines) is 2. The summed E-state index contributed by atoms with van der Waals surface area (Å²) in [6.45, 7) is 6.37. The van der Waals surface area contributed by atoms with E-state index in [9.17, 15) is 14.9 Å². The van der Waals surface area contributed by atoms with Gasteiger partial charge in [-0.3, -0.25) is 19.8 Å². The molecule has 2 bridgehead atoms. The summed E-state index contributed by atoms with van der Waals surface area (Å²) in [6.07, 6.45) is 8.75. The number of ketones is 1. The van der Waals surface area contributed by atoms with Gasteiger partial charge in [0.15, 0.2) is 5.78 Å². The molecular weight excluding hydrogens is 378 g/mol. The van der Waals surface area contributed by atoms with Crippen LogP contribution in [0.3, 0.4) is 0 Å². The molecule has 1 spiro atoms. The van der Waals surface area contributed by atoms with E-state index in [1.165, 1.54) is 70.3 Å². The van der Waals surface area contributed by atoms with E-state index in [2.05, 4.69) is 9.80 Å². The second-order valence-corrected chi connectivity index (χ2v) is 10.3. The van der Waals surface area contributed by atoms with E-state index < -0.39 is 4.92 Å². The number of nitro benzene ring substituents is 1. The molecule has 2 heterocycles. The number of carbonyl (C=O) groups is 1. The highest BCUT2D eigenvalue weighted by Gasteiger charge is 2.54. The first kappa shape index (κ1) is 20.1. The standard InChI is InChI=1S/C24H33N3O3/c28-23(11-18-5-7-22(8-6-18)27(29)30)17-26-15-20-13-25(12-19-3-4-19)14-21(16-26)24(20)9-1-2-10-24/h5-8,19-21H,1-4,9-17H2. The van der Waals surface area contributed by atoms with Gasteiger partial charge in [0, 0.05) is 51.3 Å². The van der Waals surface area contributed by atoms with E-state index in [1.807, 2.05) is 0 Å². The minimum Gasteiger partial charge on any atom is -0.302 e. The molecule has 2 atom stereocenters. The molecule has 2 aliphatic heterocycles. The molecule has 4 aliphatic rings. The molecule has 162 valence electrons. The Bertz CT molecular complexity index is 780. The van der Waals surface area contributed by atoms with Crippen LogP contribution in [-0.4, -0.2) is 59.8 Å². The molecule has 0 radical (unpaired) electrons. The average Bonchev–Trinajstić information content (AvgIpc) is 3.38. The highest BCUT2D eigenvalue weighted by molar-refractivity contribution is 5.82. The Balaban J connectivity index is 1.21. The Kier molecular flexibility index (Phi) is 5.40. The maximum absolute atomic E-state index is 12.8. The lowest BCUT2D eigenvalue weighted by Crippen LogP contribution is -2.63. The summed E-state index contributed by atoms with van der Waals surface area (Å²) in [4.78, 5) is 28.3. The van der Waals surface area contributed by atoms with Gasteiger partial charge in [-0.1, -0.05) is 25.0 Å². The molecule has 0 aromatic heterocycles. The molecule has 2 aliphatic carbocycles. The predicted molar refractivity (Wildman–Crippen MR) is 115 cm³/mol. The van der Waals surface area contributed by atoms with Crippen LogP contribution in [0.5, 0.6) is 0 Å². The summed E-state index contributed by atoms with van der Waals surface area (Å²) in [5.74, 6) is 2.58. The number of nitrogens with zero attached hydrogens (tertiary/aromatic N) is 3. The summed E-state index contributed by atoms with van der Waals surface area (Å²) in [7, 11) is 0. The lowest BCUT2D eigenvalue weighted by atomic mass is 9.60. The third-order valence-corrected chi connectivity index (χ3v) is 8.24. The average molecular weight is 412 g/mol. The monoisotopic (exact) mass is 411 g/mol. The topological polar surface area (TPSA) is 66.7 Å². The maximum Gasteiger partial charge on any atom is 0.269 e. The van der Waals surface area contributed by atoms with Crippen molar-refractivity contribution in [1.29, 1.82) is 0 Å². The largest absolute Gasteiger partial charge is 0.302 e. The summed E-state index contributed by atoms with van der Waals surface area (Å²) in [5.41, 5.74) is 1.48. The number of carbonyl (C=O) groups excluding carboxylic acids is 1. The number of Topliss-reactive ketones (excluding diaryl/α,β-unsaturated/α-hetero) is 1. The number of hydrogen-bond donors (Lipinski definition) is 0. The van der Waals surface area contributed by atoms with Gasteiger partial charge in [-0.25, -0.2) is 0 Å². The molecule has 0 amide bonds. The number of non-ortho nitro benzene ring substituents is 1. The molecule has 2 saturated heterocycles. The van der Waals surface area contributed by atoms with E-state index in [4.69, 9.17) is 0 Å². The second-order valence-electron chi connectivity index (χ2n) is 10.3. The van der Waals surface area contributed by atoms with Crippen LogP contribution in [0.15, 0.2) is 24.3 Å². The van der Waals surface area contributed by atoms with Gasteiger partial charge in [-0.05, 0) is 54.4 Å². The van der Waals surface area contributed by atoms with Gasteiger partial charge in [0.1, 0.15) is 0 Å². The van der Waals surface area contributed by atoms with Gasteiger partial charge in [-0.2, -0.15) is 0 Å². The van der Waals surface area contributed by atoms with Crippen LogP contribution in [0.4, 0.5) is 5.69 Å². The van der Waals surface area contributed by atoms with Gasteiger partial charge in [0.25, 0.3) is 5.69 Å². The summed E-state index contributed by atoms with van der Waals surface area (Å²) in [6, 6.07) is 6.41. The predicted octanol–water partition coefficient (Wildman–Crippen LogP) is 3.54. The Morgan fingerprint density at radius 1 is 1.00 bits per heavy atom. The lowest BCUT2D eigenvalue weighted by molar-refractivity contribution is -0.384. The van der Waals surface area contributed by atoms with Crippen molar-refractivity contribution in [2.75, 3.05) is 39.3 Å². The first-order valence-corrected chi connectivity index (χ1v) is 11.7. The van der Waals surface area contributed by atoms with Gasteiger partial charge in [-0.15, -0.1) is 0 Å². The Hall–Kier alpha value is -1.79. The third-order valence-electron chi connectivity index (χ3n) is 8.24. The fraction of sp³-hybridized carbons (Fsp3) is 0.708. The fourth-order valence-corrected chi connectivity index (χ4v) is 6.63. The summed E-state index contributed by atoms with van der Waals surface area (Å²) in [5, 5.41) is 10.8. The van der Waals surface area contributed by atoms with Crippen LogP contribution >= 0.6 is 0 Å². The zero-order valence-corrected chi connectivity index (χ0v) is 17.8. The smallest absolute Gasteiger partial charge is 0.269 e. The number of benzene rings is 1. The summed E-state index contributed by atoms with van der Waals surface area (Å²) < 4.78 is 0. The normalized spacial score (nSPS) is 28.7. The van der Waals surface area contributed by atoms with Crippen molar-refractivity contribution in [2.45, 2.75) is 44.9 Å². The van der Waals surface area contributed by atoms with Crippen LogP contribution < -0.4 is 0 Å². The van der Waals surface area contributed by atoms with Crippen molar-refractivity contribution >= 4 is 11.5 Å². The Labute approximate surface area is 178 Å². The molecular formula is C24H33N3O3. The molecule has 1 aromatic rings. The van der Waals surface area contributed by atoms with Gasteiger partial charge >= 0.3 is 0 Å². The van der Waals surface area contributed by atoms with Gasteiger partial charge in [0.2, 0.25) is 0 Å². The lowest BCUT2D eigenvalue weighted by Gasteiger charge is -2.57. The number of hydrogen-bond acceptors (Lipinski definition) is 5. The molecule has 6 heteroatoms. The maximum atomic E-state index is 12.8. The SMILES string of the molecule is O=C(Cc1ccc([N+](=O)[O-])cc1)CN1CC2CN(CC3CC3)CC(C1)C21CCCC1. The fourth-order valence-electron chi connectivity index (χ4n) is 6.63. The molecule has 1 aromatic carbocycles. The van der Waals surface area contributed by atoms with Crippen molar-refractivity contribution in [1.82, 2.24) is 9.80 Å². The van der Waals surface area contributed by atoms with E-state index in [0.29, 0.717) is 30.2 Å². The van der Waals surface area contributed by atoms with E-state index in [-0.39, 0.29) is 11.5 Å². The molecule has 4 fully saturated rings. The molecule has 6 nitrogen and oxygen atoms in total. The van der Waals surface area contributed by atoms with E-state index >= 15 is 0 Å². The zero-order valence-electron chi connectivity index (χ0n) is 17.8. The Morgan fingerprint density at radius 2 is 1.60 bits per heavy atom. The quantitative estimate of drug-likeness (QED) is 0.507. The third kappa shape index (κ3) is 4.04. The van der Waals surface area contributed by atoms with Crippen molar-refractivity contribution in [3.8, 4) is 0 Å². The second kappa shape index (κ2) is 8.04. The van der Waals surface area contributed by atoms with Gasteiger partial charge in [0.05, 0.1) is 11.5 Å². The molecule has 2 unspecified atom stereocenters. The van der Waals surface area contributed by atoms with Crippen molar-refractivity contribution < 1.29 is 9.72 Å². The molecule has 30 heavy (non-hydrogen) atoms.